The standard InChI is InChI=1S/C28H29F6N3O12S2/c1-13-22(38)36-18(24(40)46-5)11-14-6-8-19(48-50(42,43)27(29,30)31)16(10-14)17-12-15(7-9-20(17)49-51(44,45)28(32,33)34)21(23(39)35-13)37-25(41)47-26(2,3)4/h6-10,12-13,18,21H,11H2,1-5H3,(H,35,39)(H,36,38)(H,37,41)/t13-,18-,21-/m0/s1. The monoisotopic (exact) mass is 777 g/mol. The number of carbonyl (C=O) groups is 4. The molecule has 0 radical (unpaired) electrons. The van der Waals surface area contributed by atoms with E-state index >= 15 is 0 Å². The molecule has 1 heterocycles. The van der Waals surface area contributed by atoms with Crippen molar-refractivity contribution in [3.05, 3.63) is 47.5 Å². The molecule has 282 valence electrons. The Balaban J connectivity index is 2.46. The molecule has 1 aliphatic rings. The van der Waals surface area contributed by atoms with E-state index < -0.39 is 113 Å². The molecular formula is C28H29F6N3O12S2. The topological polar surface area (TPSA) is 210 Å². The lowest BCUT2D eigenvalue weighted by molar-refractivity contribution is -0.145. The minimum Gasteiger partial charge on any atom is -0.467 e. The van der Waals surface area contributed by atoms with Crippen LogP contribution in [0, 0.1) is 0 Å². The molecule has 0 unspecified atom stereocenters. The van der Waals surface area contributed by atoms with Gasteiger partial charge >= 0.3 is 43.3 Å². The fourth-order valence-electron chi connectivity index (χ4n) is 4.28. The van der Waals surface area contributed by atoms with Crippen LogP contribution in [-0.2, 0) is 50.5 Å². The number of amides is 3. The summed E-state index contributed by atoms with van der Waals surface area (Å²) in [6.45, 7) is 5.50. The van der Waals surface area contributed by atoms with Crippen LogP contribution in [0.15, 0.2) is 36.4 Å². The largest absolute Gasteiger partial charge is 0.534 e. The molecule has 23 heteroatoms. The van der Waals surface area contributed by atoms with Gasteiger partial charge in [-0.2, -0.15) is 43.2 Å². The van der Waals surface area contributed by atoms with Gasteiger partial charge in [0, 0.05) is 17.5 Å². The number of fused-ring (bicyclic) bond motifs is 5. The van der Waals surface area contributed by atoms with Crippen molar-refractivity contribution < 1.29 is 80.2 Å². The van der Waals surface area contributed by atoms with Crippen LogP contribution in [0.5, 0.6) is 11.5 Å². The molecule has 4 bridgehead atoms. The summed E-state index contributed by atoms with van der Waals surface area (Å²) in [7, 11) is -12.1. The SMILES string of the molecule is COC(=O)[C@@H]1Cc2ccc(OS(=O)(=O)C(F)(F)F)c(c2)-c2cc(ccc2OS(=O)(=O)C(F)(F)F)[C@H](NC(=O)OC(C)(C)C)C(=O)N[C@@H](C)C(=O)N1. The Labute approximate surface area is 286 Å². The third-order valence-corrected chi connectivity index (χ3v) is 8.49. The van der Waals surface area contributed by atoms with Crippen LogP contribution in [0.25, 0.3) is 11.1 Å². The number of esters is 1. The first-order valence-electron chi connectivity index (χ1n) is 14.1. The molecule has 3 rings (SSSR count). The van der Waals surface area contributed by atoms with E-state index in [1.807, 2.05) is 0 Å². The van der Waals surface area contributed by atoms with E-state index in [0.29, 0.717) is 18.2 Å². The van der Waals surface area contributed by atoms with Gasteiger partial charge in [-0.1, -0.05) is 12.1 Å². The molecule has 3 atom stereocenters. The Bertz CT molecular complexity index is 1930. The van der Waals surface area contributed by atoms with Gasteiger partial charge in [0.2, 0.25) is 11.8 Å². The number of nitrogens with one attached hydrogen (secondary N) is 3. The summed E-state index contributed by atoms with van der Waals surface area (Å²) >= 11 is 0. The Morgan fingerprint density at radius 3 is 1.80 bits per heavy atom. The van der Waals surface area contributed by atoms with Crippen molar-refractivity contribution in [3.8, 4) is 22.6 Å². The Morgan fingerprint density at radius 2 is 1.31 bits per heavy atom. The Morgan fingerprint density at radius 1 is 0.804 bits per heavy atom. The molecule has 3 N–H and O–H groups in total. The number of alkyl carbamates (subject to hydrolysis) is 1. The maximum absolute atomic E-state index is 13.5. The molecule has 2 aromatic carbocycles. The van der Waals surface area contributed by atoms with Crippen molar-refractivity contribution in [2.75, 3.05) is 7.11 Å². The van der Waals surface area contributed by atoms with Crippen LogP contribution in [-0.4, -0.2) is 76.5 Å². The number of hydrogen-bond donors (Lipinski definition) is 3. The van der Waals surface area contributed by atoms with Crippen LogP contribution < -0.4 is 24.3 Å². The summed E-state index contributed by atoms with van der Waals surface area (Å²) in [6.07, 6.45) is -1.84. The van der Waals surface area contributed by atoms with Gasteiger partial charge in [-0.25, -0.2) is 9.59 Å². The van der Waals surface area contributed by atoms with Crippen LogP contribution >= 0.6 is 0 Å². The predicted octanol–water partition coefficient (Wildman–Crippen LogP) is 3.09. The number of carbonyl (C=O) groups excluding carboxylic acids is 4. The highest BCUT2D eigenvalue weighted by Crippen LogP contribution is 2.42. The van der Waals surface area contributed by atoms with Gasteiger partial charge in [0.05, 0.1) is 7.11 Å². The minimum atomic E-state index is -6.51. The second-order valence-corrected chi connectivity index (χ2v) is 14.7. The molecule has 0 saturated carbocycles. The summed E-state index contributed by atoms with van der Waals surface area (Å²) < 4.78 is 147. The third-order valence-electron chi connectivity index (χ3n) is 6.55. The lowest BCUT2D eigenvalue weighted by atomic mass is 9.94. The summed E-state index contributed by atoms with van der Waals surface area (Å²) in [6, 6.07) is -0.700. The molecule has 0 fully saturated rings. The zero-order valence-electron chi connectivity index (χ0n) is 26.9. The van der Waals surface area contributed by atoms with Crippen LogP contribution in [0.1, 0.15) is 44.9 Å². The highest BCUT2D eigenvalue weighted by atomic mass is 32.2. The van der Waals surface area contributed by atoms with Crippen molar-refractivity contribution in [1.82, 2.24) is 16.0 Å². The zero-order valence-corrected chi connectivity index (χ0v) is 28.5. The van der Waals surface area contributed by atoms with Crippen molar-refractivity contribution in [2.24, 2.45) is 0 Å². The van der Waals surface area contributed by atoms with E-state index in [0.717, 1.165) is 25.3 Å². The zero-order chi connectivity index (χ0) is 38.9. The fourth-order valence-corrected chi connectivity index (χ4v) is 5.24. The molecular weight excluding hydrogens is 748 g/mol. The first kappa shape index (κ1) is 40.6. The Hall–Kier alpha value is -4.80. The van der Waals surface area contributed by atoms with E-state index in [2.05, 4.69) is 29.1 Å². The van der Waals surface area contributed by atoms with Crippen molar-refractivity contribution >= 4 is 44.1 Å². The van der Waals surface area contributed by atoms with Gasteiger partial charge < -0.3 is 33.8 Å². The van der Waals surface area contributed by atoms with Gasteiger partial charge in [-0.05, 0) is 63.1 Å². The van der Waals surface area contributed by atoms with Crippen molar-refractivity contribution in [3.63, 3.8) is 0 Å². The molecule has 0 aromatic heterocycles. The fraction of sp³-hybridized carbons (Fsp3) is 0.429. The van der Waals surface area contributed by atoms with E-state index in [1.54, 1.807) is 0 Å². The number of halogens is 6. The van der Waals surface area contributed by atoms with Crippen molar-refractivity contribution in [1.29, 1.82) is 0 Å². The summed E-state index contributed by atoms with van der Waals surface area (Å²) in [5.74, 6) is -5.80. The Kier molecular flexibility index (Phi) is 11.5. The average molecular weight is 778 g/mol. The predicted molar refractivity (Wildman–Crippen MR) is 160 cm³/mol. The summed E-state index contributed by atoms with van der Waals surface area (Å²) in [5.41, 5.74) is -15.6. The summed E-state index contributed by atoms with van der Waals surface area (Å²) in [4.78, 5) is 52.0. The second kappa shape index (κ2) is 14.4. The first-order chi connectivity index (χ1) is 23.2. The number of alkyl halides is 6. The molecule has 0 saturated heterocycles. The summed E-state index contributed by atoms with van der Waals surface area (Å²) in [5, 5.41) is 6.69. The number of rotatable bonds is 6. The third kappa shape index (κ3) is 9.92. The van der Waals surface area contributed by atoms with Gasteiger partial charge in [0.15, 0.2) is 11.5 Å². The van der Waals surface area contributed by atoms with Gasteiger partial charge in [0.1, 0.15) is 23.7 Å². The van der Waals surface area contributed by atoms with Crippen molar-refractivity contribution in [2.45, 2.75) is 68.9 Å². The molecule has 1 aliphatic heterocycles. The van der Waals surface area contributed by atoms with Gasteiger partial charge in [-0.3, -0.25) is 9.59 Å². The van der Waals surface area contributed by atoms with E-state index in [-0.39, 0.29) is 5.56 Å². The maximum atomic E-state index is 13.5. The van der Waals surface area contributed by atoms with E-state index in [4.69, 9.17) is 4.74 Å². The minimum absolute atomic E-state index is 0.135. The molecule has 3 amide bonds. The van der Waals surface area contributed by atoms with E-state index in [9.17, 15) is 62.4 Å². The second-order valence-electron chi connectivity index (χ2n) is 11.7. The number of methoxy groups -OCH3 is 1. The maximum Gasteiger partial charge on any atom is 0.534 e. The molecule has 51 heavy (non-hydrogen) atoms. The lowest BCUT2D eigenvalue weighted by Gasteiger charge is -2.26. The van der Waals surface area contributed by atoms with E-state index in [1.165, 1.54) is 27.7 Å². The highest BCUT2D eigenvalue weighted by molar-refractivity contribution is 7.88. The molecule has 0 spiro atoms. The normalized spacial score (nSPS) is 19.1. The highest BCUT2D eigenvalue weighted by Gasteiger charge is 2.50. The number of benzene rings is 2. The number of hydrogen-bond acceptors (Lipinski definition) is 12. The van der Waals surface area contributed by atoms with Crippen LogP contribution in [0.3, 0.4) is 0 Å². The quantitative estimate of drug-likeness (QED) is 0.167. The first-order valence-corrected chi connectivity index (χ1v) is 16.9. The average Bonchev–Trinajstić information content (AvgIpc) is 2.97. The van der Waals surface area contributed by atoms with Crippen LogP contribution in [0.2, 0.25) is 0 Å². The molecule has 2 aromatic rings. The number of ether oxygens (including phenoxy) is 2. The van der Waals surface area contributed by atoms with Gasteiger partial charge in [0.25, 0.3) is 0 Å². The smallest absolute Gasteiger partial charge is 0.467 e. The molecule has 0 aliphatic carbocycles. The lowest BCUT2D eigenvalue weighted by Crippen LogP contribution is -2.53. The van der Waals surface area contributed by atoms with Gasteiger partial charge in [-0.15, -0.1) is 0 Å². The van der Waals surface area contributed by atoms with Crippen LogP contribution in [0.4, 0.5) is 31.1 Å². The molecule has 15 nitrogen and oxygen atoms in total.